The van der Waals surface area contributed by atoms with Gasteiger partial charge in [0.1, 0.15) is 0 Å². The second kappa shape index (κ2) is 6.35. The van der Waals surface area contributed by atoms with Gasteiger partial charge in [-0.05, 0) is 20.4 Å². The van der Waals surface area contributed by atoms with Gasteiger partial charge in [-0.1, -0.05) is 0 Å². The summed E-state index contributed by atoms with van der Waals surface area (Å²) in [4.78, 5) is 2.11. The van der Waals surface area contributed by atoms with Crippen molar-refractivity contribution in [2.75, 3.05) is 40.0 Å². The van der Waals surface area contributed by atoms with Gasteiger partial charge in [-0.3, -0.25) is 4.90 Å². The molecule has 1 heterocycles. The van der Waals surface area contributed by atoms with Crippen molar-refractivity contribution in [2.24, 2.45) is 0 Å². The maximum absolute atomic E-state index is 9.73. The summed E-state index contributed by atoms with van der Waals surface area (Å²) in [7, 11) is 2.00. The van der Waals surface area contributed by atoms with Gasteiger partial charge in [-0.2, -0.15) is 0 Å². The van der Waals surface area contributed by atoms with Gasteiger partial charge >= 0.3 is 0 Å². The Morgan fingerprint density at radius 3 is 3.00 bits per heavy atom. The summed E-state index contributed by atoms with van der Waals surface area (Å²) in [5.41, 5.74) is 0. The van der Waals surface area contributed by atoms with Crippen LogP contribution in [0.3, 0.4) is 0 Å². The minimum Gasteiger partial charge on any atom is -0.391 e. The lowest BCUT2D eigenvalue weighted by Gasteiger charge is -2.34. The summed E-state index contributed by atoms with van der Waals surface area (Å²) in [6.07, 6.45) is 0.485. The van der Waals surface area contributed by atoms with E-state index >= 15 is 0 Å². The average molecular weight is 203 g/mol. The first-order valence-electron chi connectivity index (χ1n) is 5.29. The molecule has 84 valence electrons. The van der Waals surface area contributed by atoms with E-state index in [1.807, 2.05) is 14.0 Å². The SMILES string of the molecule is CCOCCN(C)C1COCCC1O. The molecule has 0 saturated carbocycles. The Morgan fingerprint density at radius 2 is 2.36 bits per heavy atom. The van der Waals surface area contributed by atoms with Crippen LogP contribution in [-0.2, 0) is 9.47 Å². The van der Waals surface area contributed by atoms with Crippen molar-refractivity contribution in [3.8, 4) is 0 Å². The third-order valence-corrected chi connectivity index (χ3v) is 2.65. The van der Waals surface area contributed by atoms with E-state index in [1.165, 1.54) is 0 Å². The van der Waals surface area contributed by atoms with Crippen LogP contribution in [0, 0.1) is 0 Å². The van der Waals surface area contributed by atoms with E-state index < -0.39 is 0 Å². The lowest BCUT2D eigenvalue weighted by Crippen LogP contribution is -2.48. The highest BCUT2D eigenvalue weighted by atomic mass is 16.5. The van der Waals surface area contributed by atoms with Crippen LogP contribution in [-0.4, -0.2) is 62.2 Å². The third kappa shape index (κ3) is 3.53. The molecule has 1 rings (SSSR count). The molecule has 2 atom stereocenters. The first-order chi connectivity index (χ1) is 6.75. The Balaban J connectivity index is 2.23. The fourth-order valence-corrected chi connectivity index (χ4v) is 1.65. The predicted octanol–water partition coefficient (Wildman–Crippen LogP) is 0.104. The summed E-state index contributed by atoms with van der Waals surface area (Å²) >= 11 is 0. The average Bonchev–Trinajstić information content (AvgIpc) is 2.18. The Labute approximate surface area is 85.8 Å². The molecule has 0 aromatic rings. The first-order valence-corrected chi connectivity index (χ1v) is 5.29. The van der Waals surface area contributed by atoms with E-state index in [0.717, 1.165) is 26.2 Å². The van der Waals surface area contributed by atoms with Crippen LogP contribution >= 0.6 is 0 Å². The van der Waals surface area contributed by atoms with E-state index in [2.05, 4.69) is 4.90 Å². The molecule has 0 bridgehead atoms. The van der Waals surface area contributed by atoms with Gasteiger partial charge in [-0.15, -0.1) is 0 Å². The molecule has 14 heavy (non-hydrogen) atoms. The molecule has 1 aliphatic heterocycles. The minimum absolute atomic E-state index is 0.129. The standard InChI is InChI=1S/C10H21NO3/c1-3-13-7-5-11(2)9-8-14-6-4-10(9)12/h9-10,12H,3-8H2,1-2H3. The highest BCUT2D eigenvalue weighted by Crippen LogP contribution is 2.12. The molecule has 0 aromatic heterocycles. The molecular weight excluding hydrogens is 182 g/mol. The highest BCUT2D eigenvalue weighted by molar-refractivity contribution is 4.79. The lowest BCUT2D eigenvalue weighted by molar-refractivity contribution is -0.0586. The number of aliphatic hydroxyl groups is 1. The molecular formula is C10H21NO3. The number of aliphatic hydroxyl groups excluding tert-OH is 1. The quantitative estimate of drug-likeness (QED) is 0.644. The molecule has 0 aromatic carbocycles. The second-order valence-electron chi connectivity index (χ2n) is 3.68. The van der Waals surface area contributed by atoms with Gasteiger partial charge in [-0.25, -0.2) is 0 Å². The van der Waals surface area contributed by atoms with Crippen LogP contribution in [0.15, 0.2) is 0 Å². The molecule has 2 unspecified atom stereocenters. The van der Waals surface area contributed by atoms with Gasteiger partial charge in [0.25, 0.3) is 0 Å². The van der Waals surface area contributed by atoms with E-state index in [4.69, 9.17) is 9.47 Å². The fourth-order valence-electron chi connectivity index (χ4n) is 1.65. The molecule has 0 spiro atoms. The van der Waals surface area contributed by atoms with E-state index in [-0.39, 0.29) is 12.1 Å². The van der Waals surface area contributed by atoms with E-state index in [1.54, 1.807) is 0 Å². The van der Waals surface area contributed by atoms with Crippen LogP contribution in [0.5, 0.6) is 0 Å². The van der Waals surface area contributed by atoms with Gasteiger partial charge in [0.05, 0.1) is 25.4 Å². The topological polar surface area (TPSA) is 41.9 Å². The minimum atomic E-state index is -0.254. The van der Waals surface area contributed by atoms with Gasteiger partial charge < -0.3 is 14.6 Å². The van der Waals surface area contributed by atoms with Crippen LogP contribution in [0.25, 0.3) is 0 Å². The molecule has 1 fully saturated rings. The van der Waals surface area contributed by atoms with Crippen molar-refractivity contribution >= 4 is 0 Å². The lowest BCUT2D eigenvalue weighted by atomic mass is 10.1. The van der Waals surface area contributed by atoms with Crippen molar-refractivity contribution in [3.63, 3.8) is 0 Å². The monoisotopic (exact) mass is 203 g/mol. The number of rotatable bonds is 5. The highest BCUT2D eigenvalue weighted by Gasteiger charge is 2.26. The van der Waals surface area contributed by atoms with Gasteiger partial charge in [0.2, 0.25) is 0 Å². The Hall–Kier alpha value is -0.160. The van der Waals surface area contributed by atoms with Crippen LogP contribution in [0.2, 0.25) is 0 Å². The largest absolute Gasteiger partial charge is 0.391 e. The molecule has 4 nitrogen and oxygen atoms in total. The van der Waals surface area contributed by atoms with Crippen LogP contribution in [0.1, 0.15) is 13.3 Å². The smallest absolute Gasteiger partial charge is 0.0739 e. The van der Waals surface area contributed by atoms with Crippen LogP contribution in [0.4, 0.5) is 0 Å². The van der Waals surface area contributed by atoms with Crippen molar-refractivity contribution in [3.05, 3.63) is 0 Å². The molecule has 1 aliphatic rings. The predicted molar refractivity (Wildman–Crippen MR) is 54.4 cm³/mol. The zero-order chi connectivity index (χ0) is 10.4. The number of ether oxygens (including phenoxy) is 2. The number of hydrogen-bond acceptors (Lipinski definition) is 4. The number of nitrogens with zero attached hydrogens (tertiary/aromatic N) is 1. The maximum Gasteiger partial charge on any atom is 0.0739 e. The maximum atomic E-state index is 9.73. The third-order valence-electron chi connectivity index (χ3n) is 2.65. The summed E-state index contributed by atoms with van der Waals surface area (Å²) < 4.78 is 10.6. The summed E-state index contributed by atoms with van der Waals surface area (Å²) in [5.74, 6) is 0. The van der Waals surface area contributed by atoms with Gasteiger partial charge in [0.15, 0.2) is 0 Å². The van der Waals surface area contributed by atoms with Crippen LogP contribution < -0.4 is 0 Å². The number of likely N-dealkylation sites (N-methyl/N-ethyl adjacent to an activating group) is 1. The molecule has 1 N–H and O–H groups in total. The zero-order valence-corrected chi connectivity index (χ0v) is 9.11. The summed E-state index contributed by atoms with van der Waals surface area (Å²) in [6.45, 7) is 5.60. The van der Waals surface area contributed by atoms with Crippen molar-refractivity contribution in [1.82, 2.24) is 4.90 Å². The molecule has 0 radical (unpaired) electrons. The molecule has 0 aliphatic carbocycles. The van der Waals surface area contributed by atoms with E-state index in [0.29, 0.717) is 13.2 Å². The zero-order valence-electron chi connectivity index (χ0n) is 9.11. The Kier molecular flexibility index (Phi) is 5.40. The molecule has 4 heteroatoms. The molecule has 0 amide bonds. The van der Waals surface area contributed by atoms with Crippen molar-refractivity contribution in [1.29, 1.82) is 0 Å². The summed E-state index contributed by atoms with van der Waals surface area (Å²) in [6, 6.07) is 0.129. The number of hydrogen-bond donors (Lipinski definition) is 1. The first kappa shape index (κ1) is 11.9. The Bertz CT molecular complexity index is 154. The van der Waals surface area contributed by atoms with E-state index in [9.17, 15) is 5.11 Å². The second-order valence-corrected chi connectivity index (χ2v) is 3.68. The molecule has 1 saturated heterocycles. The van der Waals surface area contributed by atoms with Gasteiger partial charge in [0, 0.05) is 19.8 Å². The van der Waals surface area contributed by atoms with Crippen molar-refractivity contribution < 1.29 is 14.6 Å². The Morgan fingerprint density at radius 1 is 1.57 bits per heavy atom. The van der Waals surface area contributed by atoms with Crippen molar-refractivity contribution in [2.45, 2.75) is 25.5 Å². The normalized spacial score (nSPS) is 28.3. The summed E-state index contributed by atoms with van der Waals surface area (Å²) in [5, 5.41) is 9.73. The fraction of sp³-hybridized carbons (Fsp3) is 1.00.